The molecule has 0 amide bonds. The van der Waals surface area contributed by atoms with Crippen LogP contribution in [0.4, 0.5) is 0 Å². The van der Waals surface area contributed by atoms with Crippen molar-refractivity contribution in [1.29, 1.82) is 0 Å². The molecule has 0 saturated carbocycles. The van der Waals surface area contributed by atoms with Crippen LogP contribution in [0.5, 0.6) is 5.75 Å². The highest BCUT2D eigenvalue weighted by molar-refractivity contribution is 6.42. The summed E-state index contributed by atoms with van der Waals surface area (Å²) in [4.78, 5) is 0. The Kier molecular flexibility index (Phi) is 3.41. The number of benzene rings is 2. The smallest absolute Gasteiger partial charge is 0.115 e. The van der Waals surface area contributed by atoms with E-state index in [-0.39, 0.29) is 5.54 Å². The van der Waals surface area contributed by atoms with Gasteiger partial charge in [0.2, 0.25) is 0 Å². The third kappa shape index (κ3) is 2.18. The summed E-state index contributed by atoms with van der Waals surface area (Å²) in [7, 11) is 0. The fourth-order valence-corrected chi connectivity index (χ4v) is 3.18. The molecule has 2 N–H and O–H groups in total. The molecule has 0 saturated heterocycles. The van der Waals surface area contributed by atoms with Gasteiger partial charge in [0.05, 0.1) is 15.6 Å². The minimum Gasteiger partial charge on any atom is -0.508 e. The number of hydrogen-bond donors (Lipinski definition) is 2. The second-order valence-corrected chi connectivity index (χ2v) is 6.09. The van der Waals surface area contributed by atoms with Crippen LogP contribution >= 0.6 is 23.2 Å². The Labute approximate surface area is 128 Å². The third-order valence-electron chi connectivity index (χ3n) is 4.00. The van der Waals surface area contributed by atoms with E-state index < -0.39 is 0 Å². The topological polar surface area (TPSA) is 32.3 Å². The van der Waals surface area contributed by atoms with Crippen molar-refractivity contribution in [2.24, 2.45) is 0 Å². The van der Waals surface area contributed by atoms with Crippen molar-refractivity contribution in [3.05, 3.63) is 63.1 Å². The van der Waals surface area contributed by atoms with Gasteiger partial charge in [-0.2, -0.15) is 0 Å². The van der Waals surface area contributed by atoms with Crippen molar-refractivity contribution in [2.45, 2.75) is 18.9 Å². The van der Waals surface area contributed by atoms with Gasteiger partial charge in [0.25, 0.3) is 0 Å². The predicted octanol–water partition coefficient (Wildman–Crippen LogP) is 4.11. The molecule has 0 unspecified atom stereocenters. The van der Waals surface area contributed by atoms with Gasteiger partial charge in [-0.15, -0.1) is 0 Å². The molecule has 0 spiro atoms. The molecule has 20 heavy (non-hydrogen) atoms. The number of phenols is 1. The zero-order valence-electron chi connectivity index (χ0n) is 11.1. The fourth-order valence-electron chi connectivity index (χ4n) is 2.88. The molecular weight excluding hydrogens is 293 g/mol. The van der Waals surface area contributed by atoms with Crippen molar-refractivity contribution in [2.75, 3.05) is 6.54 Å². The van der Waals surface area contributed by atoms with Crippen LogP contribution in [-0.2, 0) is 12.0 Å². The van der Waals surface area contributed by atoms with Gasteiger partial charge in [-0.25, -0.2) is 0 Å². The molecule has 0 aromatic heterocycles. The summed E-state index contributed by atoms with van der Waals surface area (Å²) in [5.74, 6) is 0.308. The second-order valence-electron chi connectivity index (χ2n) is 5.27. The normalized spacial score (nSPS) is 21.6. The van der Waals surface area contributed by atoms with E-state index >= 15 is 0 Å². The standard InChI is InChI=1S/C16H15Cl2NO/c1-16(11-2-5-14(17)15(18)9-11)13-4-3-12(20)8-10(13)6-7-19-16/h2-5,8-9,19-20H,6-7H2,1H3/t16-/m0/s1. The molecule has 1 aliphatic rings. The highest BCUT2D eigenvalue weighted by atomic mass is 35.5. The number of phenolic OH excluding ortho intramolecular Hbond substituents is 1. The summed E-state index contributed by atoms with van der Waals surface area (Å²) in [6, 6.07) is 11.2. The first-order chi connectivity index (χ1) is 9.50. The van der Waals surface area contributed by atoms with E-state index in [0.717, 1.165) is 24.1 Å². The molecule has 0 radical (unpaired) electrons. The van der Waals surface area contributed by atoms with Gasteiger partial charge >= 0.3 is 0 Å². The lowest BCUT2D eigenvalue weighted by Gasteiger charge is -2.38. The fraction of sp³-hybridized carbons (Fsp3) is 0.250. The minimum atomic E-state index is -0.324. The van der Waals surface area contributed by atoms with Crippen LogP contribution in [-0.4, -0.2) is 11.7 Å². The third-order valence-corrected chi connectivity index (χ3v) is 4.74. The summed E-state index contributed by atoms with van der Waals surface area (Å²) in [6.45, 7) is 2.98. The number of fused-ring (bicyclic) bond motifs is 1. The summed E-state index contributed by atoms with van der Waals surface area (Å²) >= 11 is 12.1. The molecule has 2 aromatic carbocycles. The Morgan fingerprint density at radius 1 is 1.10 bits per heavy atom. The van der Waals surface area contributed by atoms with E-state index in [9.17, 15) is 5.11 Å². The zero-order chi connectivity index (χ0) is 14.3. The molecular formula is C16H15Cl2NO. The summed E-state index contributed by atoms with van der Waals surface area (Å²) in [6.07, 6.45) is 0.903. The van der Waals surface area contributed by atoms with Crippen LogP contribution in [0.15, 0.2) is 36.4 Å². The van der Waals surface area contributed by atoms with Gasteiger partial charge in [0.15, 0.2) is 0 Å². The molecule has 3 rings (SSSR count). The van der Waals surface area contributed by atoms with Crippen LogP contribution in [0.3, 0.4) is 0 Å². The molecule has 0 aliphatic carbocycles. The van der Waals surface area contributed by atoms with Gasteiger partial charge in [0.1, 0.15) is 5.75 Å². The van der Waals surface area contributed by atoms with Crippen LogP contribution in [0.25, 0.3) is 0 Å². The van der Waals surface area contributed by atoms with Gasteiger partial charge in [-0.1, -0.05) is 35.3 Å². The van der Waals surface area contributed by atoms with Crippen molar-refractivity contribution in [3.8, 4) is 5.75 Å². The van der Waals surface area contributed by atoms with Gasteiger partial charge in [-0.3, -0.25) is 0 Å². The molecule has 0 fully saturated rings. The highest BCUT2D eigenvalue weighted by Gasteiger charge is 2.33. The van der Waals surface area contributed by atoms with E-state index in [4.69, 9.17) is 23.2 Å². The maximum Gasteiger partial charge on any atom is 0.115 e. The van der Waals surface area contributed by atoms with Crippen molar-refractivity contribution in [3.63, 3.8) is 0 Å². The SMILES string of the molecule is C[C@@]1(c2ccc(Cl)c(Cl)c2)NCCc2cc(O)ccc21. The van der Waals surface area contributed by atoms with Crippen LogP contribution < -0.4 is 5.32 Å². The maximum atomic E-state index is 9.65. The molecule has 1 aliphatic heterocycles. The summed E-state index contributed by atoms with van der Waals surface area (Å²) in [5.41, 5.74) is 3.07. The molecule has 2 nitrogen and oxygen atoms in total. The van der Waals surface area contributed by atoms with Crippen LogP contribution in [0.1, 0.15) is 23.6 Å². The van der Waals surface area contributed by atoms with Crippen molar-refractivity contribution < 1.29 is 5.11 Å². The van der Waals surface area contributed by atoms with E-state index in [1.807, 2.05) is 30.3 Å². The van der Waals surface area contributed by atoms with Gasteiger partial charge in [0, 0.05) is 6.54 Å². The highest BCUT2D eigenvalue weighted by Crippen LogP contribution is 2.38. The molecule has 0 bridgehead atoms. The number of hydrogen-bond acceptors (Lipinski definition) is 2. The number of rotatable bonds is 1. The van der Waals surface area contributed by atoms with E-state index in [1.54, 1.807) is 6.07 Å². The first-order valence-electron chi connectivity index (χ1n) is 6.53. The molecule has 1 heterocycles. The number of nitrogens with one attached hydrogen (secondary N) is 1. The van der Waals surface area contributed by atoms with Crippen LogP contribution in [0.2, 0.25) is 10.0 Å². The molecule has 1 atom stereocenters. The van der Waals surface area contributed by atoms with Crippen molar-refractivity contribution in [1.82, 2.24) is 5.32 Å². The van der Waals surface area contributed by atoms with Crippen LogP contribution in [0, 0.1) is 0 Å². The largest absolute Gasteiger partial charge is 0.508 e. The van der Waals surface area contributed by atoms with E-state index in [1.165, 1.54) is 5.56 Å². The number of halogens is 2. The Morgan fingerprint density at radius 3 is 2.65 bits per heavy atom. The average Bonchev–Trinajstić information content (AvgIpc) is 2.41. The predicted molar refractivity (Wildman–Crippen MR) is 82.7 cm³/mol. The van der Waals surface area contributed by atoms with Gasteiger partial charge in [-0.05, 0) is 54.3 Å². The second kappa shape index (κ2) is 4.96. The molecule has 4 heteroatoms. The quantitative estimate of drug-likeness (QED) is 0.831. The summed E-state index contributed by atoms with van der Waals surface area (Å²) in [5, 5.41) is 14.3. The van der Waals surface area contributed by atoms with E-state index in [2.05, 4.69) is 12.2 Å². The monoisotopic (exact) mass is 307 g/mol. The lowest BCUT2D eigenvalue weighted by molar-refractivity contribution is 0.411. The summed E-state index contributed by atoms with van der Waals surface area (Å²) < 4.78 is 0. The average molecular weight is 308 g/mol. The Morgan fingerprint density at radius 2 is 1.90 bits per heavy atom. The lowest BCUT2D eigenvalue weighted by atomic mass is 9.79. The zero-order valence-corrected chi connectivity index (χ0v) is 12.6. The number of aromatic hydroxyl groups is 1. The minimum absolute atomic E-state index is 0.308. The Hall–Kier alpha value is -1.22. The molecule has 2 aromatic rings. The van der Waals surface area contributed by atoms with Crippen molar-refractivity contribution >= 4 is 23.2 Å². The van der Waals surface area contributed by atoms with Gasteiger partial charge < -0.3 is 10.4 Å². The molecule has 104 valence electrons. The Bertz CT molecular complexity index is 672. The Balaban J connectivity index is 2.15. The van der Waals surface area contributed by atoms with E-state index in [0.29, 0.717) is 15.8 Å². The maximum absolute atomic E-state index is 9.65. The first-order valence-corrected chi connectivity index (χ1v) is 7.29. The lowest BCUT2D eigenvalue weighted by Crippen LogP contribution is -2.45. The first kappa shape index (κ1) is 13.7.